The molecule has 1 saturated carbocycles. The van der Waals surface area contributed by atoms with Crippen LogP contribution in [0.2, 0.25) is 5.02 Å². The molecule has 0 aliphatic heterocycles. The van der Waals surface area contributed by atoms with Gasteiger partial charge < -0.3 is 15.4 Å². The van der Waals surface area contributed by atoms with Crippen molar-refractivity contribution < 1.29 is 14.3 Å². The highest BCUT2D eigenvalue weighted by Crippen LogP contribution is 2.20. The molecule has 0 saturated heterocycles. The average Bonchev–Trinajstić information content (AvgIpc) is 2.52. The van der Waals surface area contributed by atoms with E-state index in [1.165, 1.54) is 0 Å². The first-order chi connectivity index (χ1) is 12.0. The normalized spacial score (nSPS) is 19.2. The van der Waals surface area contributed by atoms with Crippen molar-refractivity contribution in [2.45, 2.75) is 38.3 Å². The van der Waals surface area contributed by atoms with Gasteiger partial charge in [0.2, 0.25) is 5.91 Å². The molecule has 2 amide bonds. The molecule has 7 heteroatoms. The van der Waals surface area contributed by atoms with E-state index in [0.29, 0.717) is 17.3 Å². The molecule has 0 unspecified atom stereocenters. The van der Waals surface area contributed by atoms with Crippen LogP contribution in [0.15, 0.2) is 24.3 Å². The molecule has 1 aromatic carbocycles. The molecule has 1 aliphatic rings. The molecule has 1 fully saturated rings. The van der Waals surface area contributed by atoms with Crippen LogP contribution in [-0.2, 0) is 9.59 Å². The molecule has 1 aliphatic carbocycles. The molecule has 138 valence electrons. The van der Waals surface area contributed by atoms with E-state index in [2.05, 4.69) is 17.6 Å². The molecule has 0 spiro atoms. The van der Waals surface area contributed by atoms with Crippen LogP contribution in [-0.4, -0.2) is 55.5 Å². The lowest BCUT2D eigenvalue weighted by molar-refractivity contribution is -0.125. The van der Waals surface area contributed by atoms with Gasteiger partial charge in [0.15, 0.2) is 6.61 Å². The van der Waals surface area contributed by atoms with Crippen LogP contribution < -0.4 is 15.4 Å². The zero-order chi connectivity index (χ0) is 18.2. The zero-order valence-corrected chi connectivity index (χ0v) is 15.5. The molecule has 1 aromatic rings. The Hall–Kier alpha value is -1.79. The second kappa shape index (κ2) is 9.63. The minimum atomic E-state index is -0.160. The van der Waals surface area contributed by atoms with Crippen LogP contribution in [0.1, 0.15) is 26.2 Å². The lowest BCUT2D eigenvalue weighted by atomic mass is 9.86. The number of hydrogen-bond donors (Lipinski definition) is 2. The van der Waals surface area contributed by atoms with Crippen molar-refractivity contribution in [2.24, 2.45) is 0 Å². The molecule has 2 N–H and O–H groups in total. The van der Waals surface area contributed by atoms with Crippen molar-refractivity contribution in [1.29, 1.82) is 0 Å². The van der Waals surface area contributed by atoms with Gasteiger partial charge in [-0.25, -0.2) is 0 Å². The third kappa shape index (κ3) is 6.92. The maximum atomic E-state index is 11.9. The summed E-state index contributed by atoms with van der Waals surface area (Å²) in [7, 11) is 1.94. The van der Waals surface area contributed by atoms with Gasteiger partial charge in [-0.2, -0.15) is 0 Å². The van der Waals surface area contributed by atoms with Crippen molar-refractivity contribution in [3.05, 3.63) is 29.3 Å². The molecule has 0 atom stereocenters. The molecule has 0 bridgehead atoms. The number of amides is 2. The maximum Gasteiger partial charge on any atom is 0.258 e. The number of likely N-dealkylation sites (N-methyl/N-ethyl adjacent to an activating group) is 1. The van der Waals surface area contributed by atoms with Gasteiger partial charge in [0.05, 0.1) is 6.54 Å². The number of carbonyl (C=O) groups excluding carboxylic acids is 2. The summed E-state index contributed by atoms with van der Waals surface area (Å²) in [5, 5.41) is 6.53. The second-order valence-electron chi connectivity index (χ2n) is 6.48. The van der Waals surface area contributed by atoms with E-state index in [4.69, 9.17) is 16.3 Å². The van der Waals surface area contributed by atoms with Gasteiger partial charge in [0.1, 0.15) is 5.75 Å². The molecule has 0 aromatic heterocycles. The molecule has 6 nitrogen and oxygen atoms in total. The summed E-state index contributed by atoms with van der Waals surface area (Å²) >= 11 is 5.80. The van der Waals surface area contributed by atoms with Crippen molar-refractivity contribution in [2.75, 3.05) is 26.7 Å². The Morgan fingerprint density at radius 3 is 2.36 bits per heavy atom. The van der Waals surface area contributed by atoms with Crippen molar-refractivity contribution in [1.82, 2.24) is 15.5 Å². The van der Waals surface area contributed by atoms with E-state index in [9.17, 15) is 9.59 Å². The summed E-state index contributed by atoms with van der Waals surface area (Å²) in [4.78, 5) is 25.8. The lowest BCUT2D eigenvalue weighted by Crippen LogP contribution is -2.55. The molecule has 25 heavy (non-hydrogen) atoms. The Bertz CT molecular complexity index is 573. The van der Waals surface area contributed by atoms with Crippen LogP contribution >= 0.6 is 11.6 Å². The minimum absolute atomic E-state index is 0.0308. The van der Waals surface area contributed by atoms with Crippen LogP contribution in [0.4, 0.5) is 0 Å². The summed E-state index contributed by atoms with van der Waals surface area (Å²) in [5.41, 5.74) is 0. The zero-order valence-electron chi connectivity index (χ0n) is 14.8. The van der Waals surface area contributed by atoms with E-state index in [-0.39, 0.29) is 30.5 Å². The van der Waals surface area contributed by atoms with Crippen LogP contribution in [0, 0.1) is 0 Å². The van der Waals surface area contributed by atoms with Crippen LogP contribution in [0.3, 0.4) is 0 Å². The fraction of sp³-hybridized carbons (Fsp3) is 0.556. The largest absolute Gasteiger partial charge is 0.484 e. The first-order valence-corrected chi connectivity index (χ1v) is 8.99. The molecular weight excluding hydrogens is 342 g/mol. The summed E-state index contributed by atoms with van der Waals surface area (Å²) in [6.45, 7) is 3.38. The second-order valence-corrected chi connectivity index (χ2v) is 6.92. The number of ether oxygens (including phenoxy) is 1. The van der Waals surface area contributed by atoms with Gasteiger partial charge in [0.25, 0.3) is 5.91 Å². The Morgan fingerprint density at radius 1 is 1.16 bits per heavy atom. The fourth-order valence-corrected chi connectivity index (χ4v) is 2.91. The first-order valence-electron chi connectivity index (χ1n) is 8.62. The number of nitrogens with one attached hydrogen (secondary N) is 2. The van der Waals surface area contributed by atoms with Gasteiger partial charge in [-0.3, -0.25) is 14.5 Å². The van der Waals surface area contributed by atoms with Crippen molar-refractivity contribution in [3.63, 3.8) is 0 Å². The molecule has 0 heterocycles. The van der Waals surface area contributed by atoms with Crippen molar-refractivity contribution >= 4 is 23.4 Å². The standard InChI is InChI=1S/C18H26ClN3O3/c1-3-8-22(2)11-17(23)20-14-9-15(10-14)21-18(24)12-25-16-6-4-13(19)5-7-16/h4-7,14-15H,3,8-12H2,1-2H3,(H,20,23)(H,21,24). The van der Waals surface area contributed by atoms with Gasteiger partial charge >= 0.3 is 0 Å². The molecular formula is C18H26ClN3O3. The van der Waals surface area contributed by atoms with Gasteiger partial charge in [0, 0.05) is 17.1 Å². The summed E-state index contributed by atoms with van der Waals surface area (Å²) in [5.74, 6) is 0.485. The monoisotopic (exact) mass is 367 g/mol. The number of nitrogens with zero attached hydrogens (tertiary/aromatic N) is 1. The Kier molecular flexibility index (Phi) is 7.52. The third-order valence-electron chi connectivity index (χ3n) is 4.07. The minimum Gasteiger partial charge on any atom is -0.484 e. The highest BCUT2D eigenvalue weighted by Gasteiger charge is 2.31. The number of rotatable bonds is 9. The maximum absolute atomic E-state index is 11.9. The van der Waals surface area contributed by atoms with Gasteiger partial charge in [-0.1, -0.05) is 18.5 Å². The first kappa shape index (κ1) is 19.5. The highest BCUT2D eigenvalue weighted by atomic mass is 35.5. The summed E-state index contributed by atoms with van der Waals surface area (Å²) < 4.78 is 5.40. The Labute approximate surface area is 153 Å². The number of carbonyl (C=O) groups is 2. The van der Waals surface area contributed by atoms with Crippen LogP contribution in [0.25, 0.3) is 0 Å². The molecule has 2 rings (SSSR count). The summed E-state index contributed by atoms with van der Waals surface area (Å²) in [6.07, 6.45) is 2.55. The predicted molar refractivity (Wildman–Crippen MR) is 97.8 cm³/mol. The third-order valence-corrected chi connectivity index (χ3v) is 4.32. The number of hydrogen-bond acceptors (Lipinski definition) is 4. The van der Waals surface area contributed by atoms with E-state index in [1.54, 1.807) is 24.3 Å². The quantitative estimate of drug-likeness (QED) is 0.698. The number of benzene rings is 1. The SMILES string of the molecule is CCCN(C)CC(=O)NC1CC(NC(=O)COc2ccc(Cl)cc2)C1. The smallest absolute Gasteiger partial charge is 0.258 e. The topological polar surface area (TPSA) is 70.7 Å². The van der Waals surface area contributed by atoms with Gasteiger partial charge in [-0.05, 0) is 57.1 Å². The highest BCUT2D eigenvalue weighted by molar-refractivity contribution is 6.30. The average molecular weight is 368 g/mol. The Balaban J connectivity index is 1.58. The van der Waals surface area contributed by atoms with Crippen molar-refractivity contribution in [3.8, 4) is 5.75 Å². The predicted octanol–water partition coefficient (Wildman–Crippen LogP) is 1.82. The van der Waals surface area contributed by atoms with E-state index < -0.39 is 0 Å². The fourth-order valence-electron chi connectivity index (χ4n) is 2.78. The van der Waals surface area contributed by atoms with Gasteiger partial charge in [-0.15, -0.1) is 0 Å². The number of halogens is 1. The molecule has 0 radical (unpaired) electrons. The van der Waals surface area contributed by atoms with Crippen LogP contribution in [0.5, 0.6) is 5.75 Å². The summed E-state index contributed by atoms with van der Waals surface area (Å²) in [6, 6.07) is 7.11. The Morgan fingerprint density at radius 2 is 1.76 bits per heavy atom. The van der Waals surface area contributed by atoms with E-state index >= 15 is 0 Å². The van der Waals surface area contributed by atoms with E-state index in [0.717, 1.165) is 25.8 Å². The van der Waals surface area contributed by atoms with E-state index in [1.807, 2.05) is 11.9 Å². The lowest BCUT2D eigenvalue weighted by Gasteiger charge is -2.36.